The molecule has 0 aromatic rings. The number of aliphatic imine (C=N–C) groups is 1. The molecule has 2 N–H and O–H groups in total. The number of hydrogen-bond acceptors (Lipinski definition) is 2. The molecule has 1 fully saturated rings. The molecule has 8 heavy (non-hydrogen) atoms. The Morgan fingerprint density at radius 3 is 2.62 bits per heavy atom. The van der Waals surface area contributed by atoms with Gasteiger partial charge in [-0.25, -0.2) is 0 Å². The minimum Gasteiger partial charge on any atom is -0.329 e. The van der Waals surface area contributed by atoms with Crippen molar-refractivity contribution in [2.45, 2.75) is 19.3 Å². The molecule has 0 amide bonds. The molecule has 2 heteroatoms. The Balaban J connectivity index is 2.11. The molecule has 0 atom stereocenters. The Kier molecular flexibility index (Phi) is 2.03. The highest BCUT2D eigenvalue weighted by Gasteiger charge is 2.07. The summed E-state index contributed by atoms with van der Waals surface area (Å²) in [6.07, 6.45) is 3.78. The minimum atomic E-state index is 0.698. The van der Waals surface area contributed by atoms with Gasteiger partial charge in [0.15, 0.2) is 0 Å². The second kappa shape index (κ2) is 2.82. The Bertz CT molecular complexity index is 90.7. The third-order valence-electron chi connectivity index (χ3n) is 1.40. The molecule has 0 saturated heterocycles. The van der Waals surface area contributed by atoms with Gasteiger partial charge in [0.1, 0.15) is 0 Å². The highest BCUT2D eigenvalue weighted by Crippen LogP contribution is 2.13. The summed E-state index contributed by atoms with van der Waals surface area (Å²) in [6, 6.07) is 0. The summed E-state index contributed by atoms with van der Waals surface area (Å²) in [5.41, 5.74) is 6.62. The third kappa shape index (κ3) is 1.30. The van der Waals surface area contributed by atoms with Crippen molar-refractivity contribution in [1.82, 2.24) is 0 Å². The fourth-order valence-corrected chi connectivity index (χ4v) is 0.716. The lowest BCUT2D eigenvalue weighted by Gasteiger charge is -2.13. The lowest BCUT2D eigenvalue weighted by molar-refractivity contribution is 0.785. The third-order valence-corrected chi connectivity index (χ3v) is 1.40. The van der Waals surface area contributed by atoms with E-state index in [0.717, 1.165) is 6.54 Å². The van der Waals surface area contributed by atoms with E-state index in [9.17, 15) is 0 Å². The van der Waals surface area contributed by atoms with E-state index < -0.39 is 0 Å². The van der Waals surface area contributed by atoms with Gasteiger partial charge in [-0.15, -0.1) is 0 Å². The number of nitrogens with zero attached hydrogens (tertiary/aromatic N) is 1. The molecule has 0 spiro atoms. The van der Waals surface area contributed by atoms with Gasteiger partial charge in [0, 0.05) is 12.3 Å². The lowest BCUT2D eigenvalue weighted by Crippen LogP contribution is -2.12. The summed E-state index contributed by atoms with van der Waals surface area (Å²) in [5.74, 6) is 0. The first-order chi connectivity index (χ1) is 3.93. The predicted molar refractivity (Wildman–Crippen MR) is 35.2 cm³/mol. The minimum absolute atomic E-state index is 0.698. The van der Waals surface area contributed by atoms with Gasteiger partial charge in [-0.3, -0.25) is 4.99 Å². The van der Waals surface area contributed by atoms with Crippen molar-refractivity contribution in [2.24, 2.45) is 10.7 Å². The molecule has 0 aliphatic heterocycles. The monoisotopic (exact) mass is 112 g/mol. The van der Waals surface area contributed by atoms with Gasteiger partial charge < -0.3 is 5.73 Å². The molecule has 1 aliphatic rings. The molecule has 0 radical (unpaired) electrons. The summed E-state index contributed by atoms with van der Waals surface area (Å²) in [4.78, 5) is 4.24. The lowest BCUT2D eigenvalue weighted by atomic mass is 9.97. The van der Waals surface area contributed by atoms with Crippen molar-refractivity contribution in [3.8, 4) is 0 Å². The van der Waals surface area contributed by atoms with E-state index in [0.29, 0.717) is 6.54 Å². The number of rotatable bonds is 2. The molecular formula is C6H12N2. The van der Waals surface area contributed by atoms with Gasteiger partial charge >= 0.3 is 0 Å². The van der Waals surface area contributed by atoms with Gasteiger partial charge in [-0.1, -0.05) is 0 Å². The van der Waals surface area contributed by atoms with Crippen LogP contribution in [0, 0.1) is 0 Å². The van der Waals surface area contributed by atoms with Crippen LogP contribution in [0.1, 0.15) is 19.3 Å². The standard InChI is InChI=1S/C6H12N2/c7-4-5-8-6-2-1-3-6/h1-5,7H2. The van der Waals surface area contributed by atoms with E-state index in [-0.39, 0.29) is 0 Å². The van der Waals surface area contributed by atoms with Crippen molar-refractivity contribution in [3.05, 3.63) is 0 Å². The van der Waals surface area contributed by atoms with E-state index in [1.165, 1.54) is 25.0 Å². The van der Waals surface area contributed by atoms with Crippen LogP contribution in [0.25, 0.3) is 0 Å². The molecule has 0 aromatic heterocycles. The molecule has 46 valence electrons. The molecule has 0 aromatic carbocycles. The van der Waals surface area contributed by atoms with Crippen LogP contribution in [-0.2, 0) is 0 Å². The van der Waals surface area contributed by atoms with Crippen LogP contribution in [0.5, 0.6) is 0 Å². The smallest absolute Gasteiger partial charge is 0.0511 e. The number of nitrogens with two attached hydrogens (primary N) is 1. The molecule has 1 rings (SSSR count). The molecule has 2 nitrogen and oxygen atoms in total. The molecule has 1 aliphatic carbocycles. The molecule has 1 saturated carbocycles. The first-order valence-corrected chi connectivity index (χ1v) is 3.16. The van der Waals surface area contributed by atoms with Crippen LogP contribution in [-0.4, -0.2) is 18.8 Å². The van der Waals surface area contributed by atoms with Gasteiger partial charge in [0.2, 0.25) is 0 Å². The van der Waals surface area contributed by atoms with Crippen molar-refractivity contribution < 1.29 is 0 Å². The van der Waals surface area contributed by atoms with Crippen molar-refractivity contribution in [3.63, 3.8) is 0 Å². The van der Waals surface area contributed by atoms with E-state index in [4.69, 9.17) is 5.73 Å². The van der Waals surface area contributed by atoms with E-state index in [1.807, 2.05) is 0 Å². The molecule has 0 heterocycles. The zero-order valence-corrected chi connectivity index (χ0v) is 5.06. The van der Waals surface area contributed by atoms with Crippen LogP contribution in [0.15, 0.2) is 4.99 Å². The maximum Gasteiger partial charge on any atom is 0.0511 e. The fourth-order valence-electron chi connectivity index (χ4n) is 0.716. The van der Waals surface area contributed by atoms with Crippen LogP contribution in [0.2, 0.25) is 0 Å². The average Bonchev–Trinajstić information content (AvgIpc) is 1.63. The zero-order chi connectivity index (χ0) is 5.82. The largest absolute Gasteiger partial charge is 0.329 e. The van der Waals surface area contributed by atoms with Crippen LogP contribution in [0.3, 0.4) is 0 Å². The van der Waals surface area contributed by atoms with Crippen molar-refractivity contribution in [1.29, 1.82) is 0 Å². The summed E-state index contributed by atoms with van der Waals surface area (Å²) in [5, 5.41) is 0. The molecule has 0 bridgehead atoms. The summed E-state index contributed by atoms with van der Waals surface area (Å²) >= 11 is 0. The second-order valence-electron chi connectivity index (χ2n) is 2.09. The van der Waals surface area contributed by atoms with E-state index in [1.54, 1.807) is 0 Å². The summed E-state index contributed by atoms with van der Waals surface area (Å²) < 4.78 is 0. The SMILES string of the molecule is NCCN=C1CCC1. The Labute approximate surface area is 49.8 Å². The maximum absolute atomic E-state index is 5.25. The molecular weight excluding hydrogens is 100 g/mol. The van der Waals surface area contributed by atoms with Gasteiger partial charge in [0.25, 0.3) is 0 Å². The normalized spacial score (nSPS) is 17.9. The second-order valence-corrected chi connectivity index (χ2v) is 2.09. The summed E-state index contributed by atoms with van der Waals surface area (Å²) in [7, 11) is 0. The quantitative estimate of drug-likeness (QED) is 0.557. The average molecular weight is 112 g/mol. The van der Waals surface area contributed by atoms with Crippen molar-refractivity contribution >= 4 is 5.71 Å². The van der Waals surface area contributed by atoms with Gasteiger partial charge in [-0.05, 0) is 19.3 Å². The predicted octanol–water partition coefficient (Wildman–Crippen LogP) is 0.570. The Morgan fingerprint density at radius 2 is 2.25 bits per heavy atom. The topological polar surface area (TPSA) is 38.4 Å². The number of hydrogen-bond donors (Lipinski definition) is 1. The summed E-state index contributed by atoms with van der Waals surface area (Å²) in [6.45, 7) is 1.53. The highest BCUT2D eigenvalue weighted by molar-refractivity contribution is 5.89. The first kappa shape index (κ1) is 5.76. The van der Waals surface area contributed by atoms with Gasteiger partial charge in [0.05, 0.1) is 6.54 Å². The van der Waals surface area contributed by atoms with E-state index >= 15 is 0 Å². The first-order valence-electron chi connectivity index (χ1n) is 3.16. The van der Waals surface area contributed by atoms with Gasteiger partial charge in [-0.2, -0.15) is 0 Å². The highest BCUT2D eigenvalue weighted by atomic mass is 14.8. The molecule has 0 unspecified atom stereocenters. The maximum atomic E-state index is 5.25. The van der Waals surface area contributed by atoms with Crippen LogP contribution >= 0.6 is 0 Å². The fraction of sp³-hybridized carbons (Fsp3) is 0.833. The Morgan fingerprint density at radius 1 is 1.50 bits per heavy atom. The van der Waals surface area contributed by atoms with Crippen molar-refractivity contribution in [2.75, 3.05) is 13.1 Å². The van der Waals surface area contributed by atoms with Crippen LogP contribution < -0.4 is 5.73 Å². The van der Waals surface area contributed by atoms with Crippen LogP contribution in [0.4, 0.5) is 0 Å². The zero-order valence-electron chi connectivity index (χ0n) is 5.06. The van der Waals surface area contributed by atoms with E-state index in [2.05, 4.69) is 4.99 Å². The Hall–Kier alpha value is -0.370.